The lowest BCUT2D eigenvalue weighted by molar-refractivity contribution is -0.148. The third-order valence-electron chi connectivity index (χ3n) is 5.75. The molecule has 0 amide bonds. The summed E-state index contributed by atoms with van der Waals surface area (Å²) in [5.74, 6) is 0.276. The van der Waals surface area contributed by atoms with Crippen molar-refractivity contribution < 1.29 is 24.2 Å². The summed E-state index contributed by atoms with van der Waals surface area (Å²) in [6.07, 6.45) is 10.8. The number of allylic oxidation sites excluding steroid dienone is 1. The van der Waals surface area contributed by atoms with Crippen LogP contribution in [0.2, 0.25) is 0 Å². The van der Waals surface area contributed by atoms with Gasteiger partial charge in [-0.15, -0.1) is 0 Å². The summed E-state index contributed by atoms with van der Waals surface area (Å²) in [7, 11) is 0. The second-order valence-corrected chi connectivity index (χ2v) is 8.55. The van der Waals surface area contributed by atoms with Crippen LogP contribution in [0.3, 0.4) is 0 Å². The lowest BCUT2D eigenvalue weighted by atomic mass is 9.80. The van der Waals surface area contributed by atoms with Gasteiger partial charge in [0, 0.05) is 18.9 Å². The summed E-state index contributed by atoms with van der Waals surface area (Å²) >= 11 is 0. The number of ketones is 1. The van der Waals surface area contributed by atoms with Gasteiger partial charge in [0.15, 0.2) is 0 Å². The molecule has 5 heteroatoms. The van der Waals surface area contributed by atoms with Crippen molar-refractivity contribution in [2.24, 2.45) is 17.3 Å². The van der Waals surface area contributed by atoms with Crippen molar-refractivity contribution in [3.05, 3.63) is 12.2 Å². The molecule has 1 fully saturated rings. The Balaban J connectivity index is 2.38. The van der Waals surface area contributed by atoms with Crippen molar-refractivity contribution in [3.8, 4) is 0 Å². The fourth-order valence-corrected chi connectivity index (χ4v) is 3.75. The van der Waals surface area contributed by atoms with Gasteiger partial charge in [-0.3, -0.25) is 4.79 Å². The molecule has 28 heavy (non-hydrogen) atoms. The van der Waals surface area contributed by atoms with Crippen LogP contribution in [-0.2, 0) is 19.1 Å². The van der Waals surface area contributed by atoms with Crippen LogP contribution < -0.4 is 0 Å². The quantitative estimate of drug-likeness (QED) is 0.266. The zero-order valence-electron chi connectivity index (χ0n) is 18.2. The Kier molecular flexibility index (Phi) is 11.6. The molecule has 0 saturated heterocycles. The van der Waals surface area contributed by atoms with E-state index in [1.807, 2.05) is 6.08 Å². The maximum Gasteiger partial charge on any atom is 0.332 e. The topological polar surface area (TPSA) is 72.8 Å². The molecule has 1 N–H and O–H groups in total. The number of esters is 1. The summed E-state index contributed by atoms with van der Waals surface area (Å²) in [6.45, 7) is 9.00. The van der Waals surface area contributed by atoms with Crippen LogP contribution in [0.25, 0.3) is 0 Å². The highest BCUT2D eigenvalue weighted by Gasteiger charge is 2.33. The number of rotatable bonds is 14. The molecule has 0 aromatic rings. The van der Waals surface area contributed by atoms with Gasteiger partial charge in [0.25, 0.3) is 0 Å². The van der Waals surface area contributed by atoms with Gasteiger partial charge in [-0.1, -0.05) is 52.2 Å². The van der Waals surface area contributed by atoms with E-state index in [1.165, 1.54) is 0 Å². The average molecular weight is 397 g/mol. The van der Waals surface area contributed by atoms with Gasteiger partial charge in [0.2, 0.25) is 0 Å². The van der Waals surface area contributed by atoms with E-state index in [2.05, 4.69) is 26.8 Å². The number of hydrogen-bond donors (Lipinski definition) is 1. The second kappa shape index (κ2) is 13.1. The molecule has 0 bridgehead atoms. The van der Waals surface area contributed by atoms with Crippen LogP contribution in [0.1, 0.15) is 79.1 Å². The maximum atomic E-state index is 12.3. The first-order valence-electron chi connectivity index (χ1n) is 10.9. The van der Waals surface area contributed by atoms with Crippen molar-refractivity contribution in [1.82, 2.24) is 0 Å². The predicted octanol–water partition coefficient (Wildman–Crippen LogP) is 4.47. The molecule has 162 valence electrons. The number of unbranched alkanes of at least 4 members (excludes halogenated alkanes) is 2. The summed E-state index contributed by atoms with van der Waals surface area (Å²) in [5, 5.41) is 10.5. The highest BCUT2D eigenvalue weighted by molar-refractivity contribution is 5.83. The standard InChI is InChI=1S/C23H40O5/c1-5-7-15-23(3,4)21(25)14-12-18-11-13-20(24)19(18)10-8-9-16-27-17-22(26)28-6-2/h12,14,18-19,21,25H,5-11,13,15-17H2,1-4H3/b14-12+/t18?,19-,21-/m1/s1. The Labute approximate surface area is 170 Å². The van der Waals surface area contributed by atoms with E-state index in [0.717, 1.165) is 44.9 Å². The van der Waals surface area contributed by atoms with Gasteiger partial charge in [0.1, 0.15) is 12.4 Å². The van der Waals surface area contributed by atoms with Gasteiger partial charge in [-0.05, 0) is 43.9 Å². The van der Waals surface area contributed by atoms with E-state index in [1.54, 1.807) is 6.92 Å². The van der Waals surface area contributed by atoms with E-state index in [4.69, 9.17) is 9.47 Å². The van der Waals surface area contributed by atoms with Crippen LogP contribution in [0.15, 0.2) is 12.2 Å². The molecule has 3 atom stereocenters. The lowest BCUT2D eigenvalue weighted by Gasteiger charge is -2.29. The van der Waals surface area contributed by atoms with Crippen molar-refractivity contribution in [2.45, 2.75) is 85.2 Å². The normalized spacial score (nSPS) is 21.4. The zero-order valence-corrected chi connectivity index (χ0v) is 18.2. The minimum atomic E-state index is -0.480. The SMILES string of the molecule is CCCCC(C)(C)[C@H](O)/C=C/C1CCC(=O)[C@@H]1CCCCOCC(=O)OCC. The predicted molar refractivity (Wildman–Crippen MR) is 111 cm³/mol. The fourth-order valence-electron chi connectivity index (χ4n) is 3.75. The Bertz CT molecular complexity index is 497. The Hall–Kier alpha value is -1.20. The van der Waals surface area contributed by atoms with E-state index in [-0.39, 0.29) is 29.8 Å². The highest BCUT2D eigenvalue weighted by Crippen LogP contribution is 2.35. The fraction of sp³-hybridized carbons (Fsp3) is 0.826. The van der Waals surface area contributed by atoms with Crippen LogP contribution in [-0.4, -0.2) is 42.8 Å². The van der Waals surface area contributed by atoms with Crippen molar-refractivity contribution in [2.75, 3.05) is 19.8 Å². The first-order valence-corrected chi connectivity index (χ1v) is 10.9. The molecule has 0 spiro atoms. The molecule has 1 saturated carbocycles. The number of ether oxygens (including phenoxy) is 2. The summed E-state index contributed by atoms with van der Waals surface area (Å²) in [6, 6.07) is 0. The van der Waals surface area contributed by atoms with Gasteiger partial charge in [-0.2, -0.15) is 0 Å². The first kappa shape index (κ1) is 24.8. The molecule has 1 aliphatic carbocycles. The van der Waals surface area contributed by atoms with Gasteiger partial charge >= 0.3 is 5.97 Å². The van der Waals surface area contributed by atoms with Crippen molar-refractivity contribution >= 4 is 11.8 Å². The largest absolute Gasteiger partial charge is 0.464 e. The number of Topliss-reactive ketones (excluding diaryl/α,β-unsaturated/α-hetero) is 1. The smallest absolute Gasteiger partial charge is 0.332 e. The van der Waals surface area contributed by atoms with Gasteiger partial charge < -0.3 is 14.6 Å². The summed E-state index contributed by atoms with van der Waals surface area (Å²) in [5.41, 5.74) is -0.138. The number of carbonyl (C=O) groups excluding carboxylic acids is 2. The molecule has 0 aromatic heterocycles. The van der Waals surface area contributed by atoms with Gasteiger partial charge in [-0.25, -0.2) is 4.79 Å². The molecule has 0 heterocycles. The van der Waals surface area contributed by atoms with Crippen LogP contribution in [0.4, 0.5) is 0 Å². The maximum absolute atomic E-state index is 12.3. The summed E-state index contributed by atoms with van der Waals surface area (Å²) in [4.78, 5) is 23.5. The van der Waals surface area contributed by atoms with E-state index >= 15 is 0 Å². The summed E-state index contributed by atoms with van der Waals surface area (Å²) < 4.78 is 10.1. The number of hydrogen-bond acceptors (Lipinski definition) is 5. The lowest BCUT2D eigenvalue weighted by Crippen LogP contribution is -2.27. The van der Waals surface area contributed by atoms with E-state index < -0.39 is 6.10 Å². The van der Waals surface area contributed by atoms with Crippen LogP contribution >= 0.6 is 0 Å². The number of aliphatic hydroxyl groups excluding tert-OH is 1. The molecule has 1 aliphatic rings. The van der Waals surface area contributed by atoms with Gasteiger partial charge in [0.05, 0.1) is 12.7 Å². The minimum absolute atomic E-state index is 0.00668. The third kappa shape index (κ3) is 8.87. The zero-order chi connectivity index (χ0) is 21.0. The van der Waals surface area contributed by atoms with E-state index in [0.29, 0.717) is 25.4 Å². The second-order valence-electron chi connectivity index (χ2n) is 8.55. The molecule has 0 aromatic carbocycles. The molecular weight excluding hydrogens is 356 g/mol. The van der Waals surface area contributed by atoms with Crippen molar-refractivity contribution in [3.63, 3.8) is 0 Å². The number of carbonyl (C=O) groups is 2. The molecule has 1 rings (SSSR count). The molecule has 5 nitrogen and oxygen atoms in total. The molecular formula is C23H40O5. The molecule has 0 radical (unpaired) electrons. The Morgan fingerprint density at radius 3 is 2.71 bits per heavy atom. The van der Waals surface area contributed by atoms with Crippen LogP contribution in [0.5, 0.6) is 0 Å². The Morgan fingerprint density at radius 1 is 1.29 bits per heavy atom. The number of aliphatic hydroxyl groups is 1. The minimum Gasteiger partial charge on any atom is -0.464 e. The average Bonchev–Trinajstić information content (AvgIpc) is 3.00. The third-order valence-corrected chi connectivity index (χ3v) is 5.75. The monoisotopic (exact) mass is 396 g/mol. The van der Waals surface area contributed by atoms with Crippen LogP contribution in [0, 0.1) is 17.3 Å². The Morgan fingerprint density at radius 2 is 2.04 bits per heavy atom. The molecule has 0 aliphatic heterocycles. The highest BCUT2D eigenvalue weighted by atomic mass is 16.6. The van der Waals surface area contributed by atoms with Crippen molar-refractivity contribution in [1.29, 1.82) is 0 Å². The van der Waals surface area contributed by atoms with E-state index in [9.17, 15) is 14.7 Å². The first-order chi connectivity index (χ1) is 13.3. The molecule has 1 unspecified atom stereocenters.